The highest BCUT2D eigenvalue weighted by Gasteiger charge is 2.13. The van der Waals surface area contributed by atoms with Crippen molar-refractivity contribution in [3.8, 4) is 28.1 Å². The van der Waals surface area contributed by atoms with Crippen LogP contribution in [0.1, 0.15) is 12.0 Å². The van der Waals surface area contributed by atoms with Crippen LogP contribution in [0.3, 0.4) is 0 Å². The van der Waals surface area contributed by atoms with Gasteiger partial charge in [0, 0.05) is 42.2 Å². The number of anilines is 1. The van der Waals surface area contributed by atoms with Crippen molar-refractivity contribution in [2.75, 3.05) is 32.1 Å². The molecule has 0 saturated heterocycles. The quantitative estimate of drug-likeness (QED) is 0.367. The van der Waals surface area contributed by atoms with Gasteiger partial charge in [0.15, 0.2) is 0 Å². The van der Waals surface area contributed by atoms with E-state index in [-0.39, 0.29) is 18.1 Å². The van der Waals surface area contributed by atoms with Gasteiger partial charge in [-0.05, 0) is 60.0 Å². The molecule has 0 fully saturated rings. The lowest BCUT2D eigenvalue weighted by atomic mass is 10.0. The molecule has 6 nitrogen and oxygen atoms in total. The van der Waals surface area contributed by atoms with Crippen molar-refractivity contribution in [1.29, 1.82) is 0 Å². The van der Waals surface area contributed by atoms with Gasteiger partial charge in [0.1, 0.15) is 11.6 Å². The number of carbonyl (C=O) groups is 1. The van der Waals surface area contributed by atoms with Crippen LogP contribution in [0.5, 0.6) is 5.75 Å². The third-order valence-corrected chi connectivity index (χ3v) is 5.47. The number of pyridine rings is 1. The van der Waals surface area contributed by atoms with Crippen LogP contribution in [0.15, 0.2) is 48.5 Å². The number of aryl methyl sites for hydroxylation is 1. The maximum Gasteiger partial charge on any atom is 0.221 e. The van der Waals surface area contributed by atoms with Gasteiger partial charge in [0.25, 0.3) is 0 Å². The van der Waals surface area contributed by atoms with E-state index in [1.54, 1.807) is 25.3 Å². The topological polar surface area (TPSA) is 83.5 Å². The van der Waals surface area contributed by atoms with E-state index < -0.39 is 0 Å². The normalized spacial score (nSPS) is 10.8. The minimum absolute atomic E-state index is 0.0799. The highest BCUT2D eigenvalue weighted by molar-refractivity contribution is 6.31. The van der Waals surface area contributed by atoms with Gasteiger partial charge in [0.2, 0.25) is 5.91 Å². The Balaban J connectivity index is 1.90. The maximum absolute atomic E-state index is 11.9. The van der Waals surface area contributed by atoms with Crippen LogP contribution in [0.4, 0.5) is 5.82 Å². The highest BCUT2D eigenvalue weighted by atomic mass is 35.5. The van der Waals surface area contributed by atoms with E-state index in [4.69, 9.17) is 27.9 Å². The van der Waals surface area contributed by atoms with Crippen molar-refractivity contribution in [3.63, 3.8) is 0 Å². The molecule has 0 atom stereocenters. The number of rotatable bonds is 9. The van der Waals surface area contributed by atoms with Crippen LogP contribution >= 0.6 is 23.2 Å². The van der Waals surface area contributed by atoms with E-state index >= 15 is 0 Å². The molecule has 0 radical (unpaired) electrons. The first-order valence-corrected chi connectivity index (χ1v) is 10.9. The smallest absolute Gasteiger partial charge is 0.221 e. The number of methoxy groups -OCH3 is 1. The Morgan fingerprint density at radius 1 is 1.09 bits per heavy atom. The summed E-state index contributed by atoms with van der Waals surface area (Å²) in [6.45, 7) is 3.15. The third kappa shape index (κ3) is 6.36. The molecule has 3 aromatic rings. The SMILES string of the molecule is COCCNC(=O)CCNc1cc(-c2cccc(Cl)c2)cc(-c2cc(Cl)c(C)cc2O)n1. The van der Waals surface area contributed by atoms with Crippen LogP contribution in [0, 0.1) is 6.92 Å². The number of halogens is 2. The maximum atomic E-state index is 11.9. The van der Waals surface area contributed by atoms with Gasteiger partial charge in [-0.2, -0.15) is 0 Å². The summed E-state index contributed by atoms with van der Waals surface area (Å²) in [7, 11) is 1.59. The van der Waals surface area contributed by atoms with Crippen molar-refractivity contribution in [1.82, 2.24) is 10.3 Å². The van der Waals surface area contributed by atoms with Crippen LogP contribution in [0.25, 0.3) is 22.4 Å². The summed E-state index contributed by atoms with van der Waals surface area (Å²) in [5, 5.41) is 17.6. The molecule has 0 aliphatic heterocycles. The summed E-state index contributed by atoms with van der Waals surface area (Å²) in [6, 6.07) is 14.5. The zero-order valence-electron chi connectivity index (χ0n) is 17.9. The Morgan fingerprint density at radius 2 is 1.91 bits per heavy atom. The lowest BCUT2D eigenvalue weighted by molar-refractivity contribution is -0.121. The largest absolute Gasteiger partial charge is 0.507 e. The molecule has 2 aromatic carbocycles. The molecule has 32 heavy (non-hydrogen) atoms. The van der Waals surface area contributed by atoms with Gasteiger partial charge in [-0.1, -0.05) is 35.3 Å². The number of phenolic OH excluding ortho intramolecular Hbond substituents is 1. The van der Waals surface area contributed by atoms with Crippen molar-refractivity contribution in [3.05, 3.63) is 64.1 Å². The lowest BCUT2D eigenvalue weighted by Crippen LogP contribution is -2.28. The second-order valence-corrected chi connectivity index (χ2v) is 8.12. The molecule has 8 heteroatoms. The fourth-order valence-corrected chi connectivity index (χ4v) is 3.50. The first kappa shape index (κ1) is 23.9. The van der Waals surface area contributed by atoms with Gasteiger partial charge in [0.05, 0.1) is 12.3 Å². The molecule has 0 bridgehead atoms. The summed E-state index contributed by atoms with van der Waals surface area (Å²) >= 11 is 12.5. The molecule has 0 saturated carbocycles. The average Bonchev–Trinajstić information content (AvgIpc) is 2.76. The fraction of sp³-hybridized carbons (Fsp3) is 0.250. The second kappa shape index (κ2) is 11.2. The Morgan fingerprint density at radius 3 is 2.66 bits per heavy atom. The van der Waals surface area contributed by atoms with Crippen LogP contribution in [-0.4, -0.2) is 42.8 Å². The molecule has 168 valence electrons. The fourth-order valence-electron chi connectivity index (χ4n) is 3.15. The van der Waals surface area contributed by atoms with E-state index in [1.807, 2.05) is 37.3 Å². The zero-order chi connectivity index (χ0) is 23.1. The van der Waals surface area contributed by atoms with E-state index in [9.17, 15) is 9.90 Å². The lowest BCUT2D eigenvalue weighted by Gasteiger charge is -2.13. The zero-order valence-corrected chi connectivity index (χ0v) is 19.4. The number of carbonyl (C=O) groups excluding carboxylic acids is 1. The van der Waals surface area contributed by atoms with Gasteiger partial charge < -0.3 is 20.5 Å². The van der Waals surface area contributed by atoms with Gasteiger partial charge in [-0.25, -0.2) is 4.98 Å². The van der Waals surface area contributed by atoms with E-state index in [2.05, 4.69) is 15.6 Å². The predicted octanol–water partition coefficient (Wildman–Crippen LogP) is 5.30. The number of hydrogen-bond donors (Lipinski definition) is 3. The molecule has 1 aromatic heterocycles. The molecular weight excluding hydrogens is 449 g/mol. The van der Waals surface area contributed by atoms with E-state index in [0.29, 0.717) is 46.8 Å². The summed E-state index contributed by atoms with van der Waals surface area (Å²) < 4.78 is 4.93. The Hall–Kier alpha value is -2.80. The standard InChI is InChI=1S/C24H25Cl2N3O3/c1-15-10-22(30)19(14-20(15)26)21-12-17(16-4-3-5-18(25)11-16)13-23(29-21)27-7-6-24(31)28-8-9-32-2/h3-5,10-14,30H,6-9H2,1-2H3,(H,27,29)(H,28,31). The molecule has 1 amide bonds. The predicted molar refractivity (Wildman–Crippen MR) is 130 cm³/mol. The van der Waals surface area contributed by atoms with Crippen molar-refractivity contribution >= 4 is 34.9 Å². The Bertz CT molecular complexity index is 1110. The first-order valence-electron chi connectivity index (χ1n) is 10.1. The second-order valence-electron chi connectivity index (χ2n) is 7.27. The minimum Gasteiger partial charge on any atom is -0.507 e. The summed E-state index contributed by atoms with van der Waals surface area (Å²) in [4.78, 5) is 16.6. The first-order chi connectivity index (χ1) is 15.4. The molecule has 0 spiro atoms. The molecule has 0 unspecified atom stereocenters. The average molecular weight is 474 g/mol. The summed E-state index contributed by atoms with van der Waals surface area (Å²) in [5.74, 6) is 0.577. The third-order valence-electron chi connectivity index (χ3n) is 4.82. The Labute approximate surface area is 197 Å². The number of nitrogens with zero attached hydrogens (tertiary/aromatic N) is 1. The molecular formula is C24H25Cl2N3O3. The van der Waals surface area contributed by atoms with Crippen molar-refractivity contribution in [2.24, 2.45) is 0 Å². The number of ether oxygens (including phenoxy) is 1. The van der Waals surface area contributed by atoms with Crippen molar-refractivity contribution in [2.45, 2.75) is 13.3 Å². The van der Waals surface area contributed by atoms with E-state index in [1.165, 1.54) is 0 Å². The van der Waals surface area contributed by atoms with Crippen LogP contribution in [-0.2, 0) is 9.53 Å². The van der Waals surface area contributed by atoms with Crippen LogP contribution < -0.4 is 10.6 Å². The number of benzene rings is 2. The highest BCUT2D eigenvalue weighted by Crippen LogP contribution is 2.36. The minimum atomic E-state index is -0.0799. The van der Waals surface area contributed by atoms with Crippen LogP contribution in [0.2, 0.25) is 10.0 Å². The molecule has 3 rings (SSSR count). The number of nitrogens with one attached hydrogen (secondary N) is 2. The number of amides is 1. The Kier molecular flexibility index (Phi) is 8.33. The number of aromatic hydroxyl groups is 1. The molecule has 1 heterocycles. The number of phenols is 1. The number of hydrogen-bond acceptors (Lipinski definition) is 5. The summed E-state index contributed by atoms with van der Waals surface area (Å²) in [6.07, 6.45) is 0.281. The van der Waals surface area contributed by atoms with Crippen molar-refractivity contribution < 1.29 is 14.6 Å². The van der Waals surface area contributed by atoms with Gasteiger partial charge >= 0.3 is 0 Å². The molecule has 3 N–H and O–H groups in total. The number of aromatic nitrogens is 1. The van der Waals surface area contributed by atoms with E-state index in [0.717, 1.165) is 16.7 Å². The summed E-state index contributed by atoms with van der Waals surface area (Å²) in [5.41, 5.74) is 3.61. The monoisotopic (exact) mass is 473 g/mol. The molecule has 0 aliphatic rings. The van der Waals surface area contributed by atoms with Gasteiger partial charge in [-0.15, -0.1) is 0 Å². The van der Waals surface area contributed by atoms with Gasteiger partial charge in [-0.3, -0.25) is 4.79 Å². The molecule has 0 aliphatic carbocycles.